The van der Waals surface area contributed by atoms with Crippen molar-refractivity contribution in [1.82, 2.24) is 20.2 Å². The highest BCUT2D eigenvalue weighted by Crippen LogP contribution is 2.35. The molecular weight excluding hydrogens is 346 g/mol. The van der Waals surface area contributed by atoms with E-state index < -0.39 is 0 Å². The normalized spacial score (nSPS) is 18.3. The first kappa shape index (κ1) is 18.7. The lowest BCUT2D eigenvalue weighted by Crippen LogP contribution is -2.28. The molecule has 0 saturated heterocycles. The Morgan fingerprint density at radius 1 is 1.25 bits per heavy atom. The summed E-state index contributed by atoms with van der Waals surface area (Å²) in [5.74, 6) is 0. The topological polar surface area (TPSA) is 56.3 Å². The molecule has 1 atom stereocenters. The van der Waals surface area contributed by atoms with E-state index in [4.69, 9.17) is 4.99 Å². The van der Waals surface area contributed by atoms with E-state index in [1.807, 2.05) is 24.7 Å². The number of H-pyrrole nitrogens is 1. The van der Waals surface area contributed by atoms with Crippen molar-refractivity contribution in [3.05, 3.63) is 53.1 Å². The Morgan fingerprint density at radius 2 is 2.11 bits per heavy atom. The van der Waals surface area contributed by atoms with E-state index in [1.165, 1.54) is 28.1 Å². The Hall–Kier alpha value is -2.66. The molecular formula is C23H29N5. The first-order valence-electron chi connectivity index (χ1n) is 10.3. The maximum absolute atomic E-state index is 4.71. The van der Waals surface area contributed by atoms with Gasteiger partial charge in [0.1, 0.15) is 0 Å². The van der Waals surface area contributed by atoms with Gasteiger partial charge in [0.15, 0.2) is 0 Å². The van der Waals surface area contributed by atoms with Crippen LogP contribution in [0.15, 0.2) is 46.9 Å². The van der Waals surface area contributed by atoms with Crippen LogP contribution in [0.25, 0.3) is 22.6 Å². The summed E-state index contributed by atoms with van der Waals surface area (Å²) in [6, 6.07) is 2.09. The van der Waals surface area contributed by atoms with E-state index in [0.29, 0.717) is 0 Å². The predicted molar refractivity (Wildman–Crippen MR) is 118 cm³/mol. The molecule has 2 aliphatic rings. The van der Waals surface area contributed by atoms with E-state index in [-0.39, 0.29) is 6.04 Å². The summed E-state index contributed by atoms with van der Waals surface area (Å²) in [4.78, 5) is 15.1. The smallest absolute Gasteiger partial charge is 0.0956 e. The third-order valence-electron chi connectivity index (χ3n) is 5.72. The molecule has 2 aromatic rings. The second kappa shape index (κ2) is 8.15. The fourth-order valence-electron chi connectivity index (χ4n) is 4.06. The van der Waals surface area contributed by atoms with E-state index in [1.54, 1.807) is 0 Å². The van der Waals surface area contributed by atoms with E-state index in [9.17, 15) is 0 Å². The van der Waals surface area contributed by atoms with Gasteiger partial charge in [0.05, 0.1) is 6.04 Å². The fraction of sp³-hybridized carbons (Fsp3) is 0.391. The molecule has 0 aromatic carbocycles. The van der Waals surface area contributed by atoms with Crippen molar-refractivity contribution in [2.75, 3.05) is 26.2 Å². The van der Waals surface area contributed by atoms with Crippen LogP contribution in [0.4, 0.5) is 0 Å². The number of pyridine rings is 1. The van der Waals surface area contributed by atoms with Gasteiger partial charge in [0, 0.05) is 58.6 Å². The van der Waals surface area contributed by atoms with Crippen molar-refractivity contribution in [2.45, 2.75) is 33.2 Å². The molecule has 4 rings (SSSR count). The van der Waals surface area contributed by atoms with Crippen molar-refractivity contribution in [1.29, 1.82) is 0 Å². The molecule has 1 unspecified atom stereocenters. The molecule has 5 heteroatoms. The molecule has 0 radical (unpaired) electrons. The number of hydrogen-bond acceptors (Lipinski definition) is 4. The maximum atomic E-state index is 4.71. The monoisotopic (exact) mass is 375 g/mol. The van der Waals surface area contributed by atoms with Crippen LogP contribution in [0.5, 0.6) is 0 Å². The Balaban J connectivity index is 1.59. The van der Waals surface area contributed by atoms with Crippen LogP contribution in [-0.4, -0.2) is 53.3 Å². The number of dihydropyridines is 1. The zero-order chi connectivity index (χ0) is 19.5. The third kappa shape index (κ3) is 3.54. The number of aromatic amines is 1. The average Bonchev–Trinajstić information content (AvgIpc) is 3.02. The Morgan fingerprint density at radius 3 is 2.93 bits per heavy atom. The summed E-state index contributed by atoms with van der Waals surface area (Å²) in [5.41, 5.74) is 7.13. The highest BCUT2D eigenvalue weighted by Gasteiger charge is 2.24. The largest absolute Gasteiger partial charge is 0.385 e. The van der Waals surface area contributed by atoms with Crippen LogP contribution in [0, 0.1) is 0 Å². The van der Waals surface area contributed by atoms with Gasteiger partial charge in [0.25, 0.3) is 0 Å². The van der Waals surface area contributed by atoms with Gasteiger partial charge in [-0.3, -0.25) is 9.98 Å². The highest BCUT2D eigenvalue weighted by atomic mass is 15.1. The Bertz CT molecular complexity index is 972. The summed E-state index contributed by atoms with van der Waals surface area (Å²) in [5, 5.41) is 4.82. The molecule has 5 nitrogen and oxygen atoms in total. The minimum Gasteiger partial charge on any atom is -0.385 e. The molecule has 2 aromatic heterocycles. The van der Waals surface area contributed by atoms with E-state index in [2.05, 4.69) is 59.2 Å². The van der Waals surface area contributed by atoms with Gasteiger partial charge in [-0.05, 0) is 56.8 Å². The minimum absolute atomic E-state index is 0.0582. The van der Waals surface area contributed by atoms with E-state index >= 15 is 0 Å². The number of hydrogen-bond donors (Lipinski definition) is 2. The third-order valence-corrected chi connectivity index (χ3v) is 5.72. The molecule has 3 heterocycles. The van der Waals surface area contributed by atoms with E-state index in [0.717, 1.165) is 43.5 Å². The molecule has 0 bridgehead atoms. The molecule has 146 valence electrons. The van der Waals surface area contributed by atoms with Gasteiger partial charge in [0.2, 0.25) is 0 Å². The number of rotatable bonds is 7. The molecule has 0 spiro atoms. The predicted octanol–water partition coefficient (Wildman–Crippen LogP) is 4.02. The van der Waals surface area contributed by atoms with Gasteiger partial charge >= 0.3 is 0 Å². The number of nitrogens with one attached hydrogen (secondary N) is 2. The SMILES string of the molecule is CCN(CC)CCCNC1=CC=NC2C=C(C)c3[nH]c4ccncc4c3C=C12. The number of aliphatic imine (C=N–C) groups is 1. The van der Waals surface area contributed by atoms with Gasteiger partial charge in [-0.25, -0.2) is 0 Å². The first-order valence-corrected chi connectivity index (χ1v) is 10.3. The van der Waals surface area contributed by atoms with Crippen molar-refractivity contribution >= 4 is 28.8 Å². The summed E-state index contributed by atoms with van der Waals surface area (Å²) in [7, 11) is 0. The molecule has 1 aliphatic carbocycles. The van der Waals surface area contributed by atoms with Crippen LogP contribution in [0.3, 0.4) is 0 Å². The molecule has 28 heavy (non-hydrogen) atoms. The van der Waals surface area contributed by atoms with Crippen molar-refractivity contribution in [3.8, 4) is 0 Å². The molecule has 2 N–H and O–H groups in total. The number of fused-ring (bicyclic) bond motifs is 4. The maximum Gasteiger partial charge on any atom is 0.0956 e. The van der Waals surface area contributed by atoms with Crippen molar-refractivity contribution in [3.63, 3.8) is 0 Å². The average molecular weight is 376 g/mol. The summed E-state index contributed by atoms with van der Waals surface area (Å²) >= 11 is 0. The fourth-order valence-corrected chi connectivity index (χ4v) is 4.06. The molecule has 1 aliphatic heterocycles. The number of aromatic nitrogens is 2. The van der Waals surface area contributed by atoms with Crippen molar-refractivity contribution < 1.29 is 0 Å². The summed E-state index contributed by atoms with van der Waals surface area (Å²) < 4.78 is 0. The number of nitrogens with zero attached hydrogens (tertiary/aromatic N) is 3. The van der Waals surface area contributed by atoms with Gasteiger partial charge < -0.3 is 15.2 Å². The second-order valence-corrected chi connectivity index (χ2v) is 7.41. The highest BCUT2D eigenvalue weighted by molar-refractivity contribution is 5.97. The lowest BCUT2D eigenvalue weighted by molar-refractivity contribution is 0.299. The van der Waals surface area contributed by atoms with Crippen LogP contribution < -0.4 is 5.32 Å². The molecule has 0 fully saturated rings. The van der Waals surface area contributed by atoms with Crippen LogP contribution in [-0.2, 0) is 0 Å². The lowest BCUT2D eigenvalue weighted by Gasteiger charge is -2.22. The minimum atomic E-state index is 0.0582. The summed E-state index contributed by atoms with van der Waals surface area (Å²) in [6.45, 7) is 10.9. The first-order chi connectivity index (χ1) is 13.7. The lowest BCUT2D eigenvalue weighted by atomic mass is 9.99. The standard InChI is InChI=1S/C23H29N5/c1-4-28(5-2)12-6-9-25-20-8-11-26-22-13-16(3)23-17(14-18(20)22)19-15-24-10-7-21(19)27-23/h7-8,10-11,13-15,22,25,27H,4-6,9,12H2,1-3H3. The van der Waals surface area contributed by atoms with Gasteiger partial charge in [-0.15, -0.1) is 0 Å². The van der Waals surface area contributed by atoms with Crippen LogP contribution >= 0.6 is 0 Å². The summed E-state index contributed by atoms with van der Waals surface area (Å²) in [6.07, 6.45) is 13.5. The quantitative estimate of drug-likeness (QED) is 0.719. The van der Waals surface area contributed by atoms with Crippen molar-refractivity contribution in [2.24, 2.45) is 4.99 Å². The van der Waals surface area contributed by atoms with Gasteiger partial charge in [-0.1, -0.05) is 19.9 Å². The molecule has 0 amide bonds. The van der Waals surface area contributed by atoms with Gasteiger partial charge in [-0.2, -0.15) is 0 Å². The molecule has 0 saturated carbocycles. The Kier molecular flexibility index (Phi) is 5.44. The second-order valence-electron chi connectivity index (χ2n) is 7.41. The number of allylic oxidation sites excluding steroid dienone is 2. The Labute approximate surface area is 167 Å². The zero-order valence-corrected chi connectivity index (χ0v) is 17.0. The van der Waals surface area contributed by atoms with Crippen LogP contribution in [0.1, 0.15) is 38.4 Å². The zero-order valence-electron chi connectivity index (χ0n) is 17.0. The van der Waals surface area contributed by atoms with Crippen LogP contribution in [0.2, 0.25) is 0 Å².